The molecule has 0 saturated carbocycles. The lowest BCUT2D eigenvalue weighted by molar-refractivity contribution is -0.115. The summed E-state index contributed by atoms with van der Waals surface area (Å²) in [7, 11) is 0. The molecule has 0 aromatic heterocycles. The molecule has 0 amide bonds. The van der Waals surface area contributed by atoms with Gasteiger partial charge in [-0.05, 0) is 6.92 Å². The van der Waals surface area contributed by atoms with E-state index < -0.39 is 0 Å². The summed E-state index contributed by atoms with van der Waals surface area (Å²) >= 11 is 4.81. The third kappa shape index (κ3) is 1.88. The van der Waals surface area contributed by atoms with Gasteiger partial charge in [0.2, 0.25) is 0 Å². The lowest BCUT2D eigenvalue weighted by Gasteiger charge is -1.89. The van der Waals surface area contributed by atoms with Crippen LogP contribution in [0, 0.1) is 0 Å². The van der Waals surface area contributed by atoms with Gasteiger partial charge in [-0.2, -0.15) is 5.10 Å². The Kier molecular flexibility index (Phi) is 2.11. The number of rotatable bonds is 2. The van der Waals surface area contributed by atoms with Crippen LogP contribution in [0.4, 0.5) is 0 Å². The Morgan fingerprint density at radius 1 is 1.90 bits per heavy atom. The van der Waals surface area contributed by atoms with Gasteiger partial charge in [-0.25, -0.2) is 0 Å². The summed E-state index contributed by atoms with van der Waals surface area (Å²) in [5.41, 5.74) is 3.49. The predicted octanol–water partition coefficient (Wildman–Crippen LogP) is 0.642. The Bertz CT molecular complexity index is 210. The van der Waals surface area contributed by atoms with E-state index in [0.29, 0.717) is 17.8 Å². The van der Waals surface area contributed by atoms with E-state index in [4.69, 9.17) is 12.2 Å². The zero-order chi connectivity index (χ0) is 7.56. The molecule has 0 aliphatic carbocycles. The van der Waals surface area contributed by atoms with Crippen LogP contribution < -0.4 is 5.43 Å². The molecule has 1 rings (SSSR count). The molecular formula is C6H8N2OS. The zero-order valence-electron chi connectivity index (χ0n) is 5.68. The molecule has 0 atom stereocenters. The van der Waals surface area contributed by atoms with Crippen molar-refractivity contribution in [1.29, 1.82) is 0 Å². The number of carbonyl (C=O) groups is 1. The molecular weight excluding hydrogens is 148 g/mol. The third-order valence-electron chi connectivity index (χ3n) is 1.16. The molecule has 0 bridgehead atoms. The van der Waals surface area contributed by atoms with Gasteiger partial charge in [-0.15, -0.1) is 0 Å². The van der Waals surface area contributed by atoms with E-state index in [1.807, 2.05) is 0 Å². The van der Waals surface area contributed by atoms with Crippen LogP contribution >= 0.6 is 12.2 Å². The van der Waals surface area contributed by atoms with Crippen LogP contribution in [0.3, 0.4) is 0 Å². The Morgan fingerprint density at radius 2 is 2.60 bits per heavy atom. The van der Waals surface area contributed by atoms with Crippen LogP contribution in [0.1, 0.15) is 19.8 Å². The first-order chi connectivity index (χ1) is 4.68. The van der Waals surface area contributed by atoms with Crippen molar-refractivity contribution in [1.82, 2.24) is 5.43 Å². The molecule has 0 aromatic carbocycles. The van der Waals surface area contributed by atoms with Gasteiger partial charge < -0.3 is 0 Å². The van der Waals surface area contributed by atoms with Crippen molar-refractivity contribution < 1.29 is 4.79 Å². The Morgan fingerprint density at radius 3 is 3.00 bits per heavy atom. The first-order valence-corrected chi connectivity index (χ1v) is 3.43. The summed E-state index contributed by atoms with van der Waals surface area (Å²) in [4.78, 5) is 11.3. The van der Waals surface area contributed by atoms with Crippen molar-refractivity contribution >= 4 is 28.7 Å². The standard InChI is InChI=1S/C6H8N2OS/c1-4(9)2-5-3-6(10)8-7-5/h2-3H2,1H3,(H,8,10). The molecule has 0 radical (unpaired) electrons. The molecule has 1 N–H and O–H groups in total. The van der Waals surface area contributed by atoms with Crippen molar-refractivity contribution in [3.8, 4) is 0 Å². The smallest absolute Gasteiger partial charge is 0.135 e. The van der Waals surface area contributed by atoms with E-state index in [2.05, 4.69) is 10.5 Å². The number of hydrogen-bond donors (Lipinski definition) is 1. The van der Waals surface area contributed by atoms with E-state index in [0.717, 1.165) is 5.71 Å². The van der Waals surface area contributed by atoms with Crippen molar-refractivity contribution in [2.75, 3.05) is 0 Å². The zero-order valence-corrected chi connectivity index (χ0v) is 6.49. The maximum absolute atomic E-state index is 10.6. The van der Waals surface area contributed by atoms with Gasteiger partial charge in [-0.3, -0.25) is 10.2 Å². The fourth-order valence-corrected chi connectivity index (χ4v) is 1.01. The maximum atomic E-state index is 10.6. The predicted molar refractivity (Wildman–Crippen MR) is 43.1 cm³/mol. The molecule has 54 valence electrons. The summed E-state index contributed by atoms with van der Waals surface area (Å²) in [5, 5.41) is 3.86. The molecule has 10 heavy (non-hydrogen) atoms. The van der Waals surface area contributed by atoms with Crippen molar-refractivity contribution in [3.63, 3.8) is 0 Å². The van der Waals surface area contributed by atoms with Crippen LogP contribution in [0.15, 0.2) is 5.10 Å². The van der Waals surface area contributed by atoms with Gasteiger partial charge in [0.05, 0.1) is 5.71 Å². The highest BCUT2D eigenvalue weighted by molar-refractivity contribution is 7.80. The lowest BCUT2D eigenvalue weighted by atomic mass is 10.2. The molecule has 3 nitrogen and oxygen atoms in total. The third-order valence-corrected chi connectivity index (χ3v) is 1.39. The second kappa shape index (κ2) is 2.88. The van der Waals surface area contributed by atoms with E-state index in [9.17, 15) is 4.79 Å². The maximum Gasteiger partial charge on any atom is 0.135 e. The minimum Gasteiger partial charge on any atom is -0.300 e. The quantitative estimate of drug-likeness (QED) is 0.596. The summed E-state index contributed by atoms with van der Waals surface area (Å²) < 4.78 is 0. The van der Waals surface area contributed by atoms with Crippen LogP contribution in [-0.4, -0.2) is 16.5 Å². The highest BCUT2D eigenvalue weighted by Crippen LogP contribution is 2.01. The monoisotopic (exact) mass is 156 g/mol. The minimum atomic E-state index is 0.130. The molecule has 0 spiro atoms. The number of thiocarbonyl (C=S) groups is 1. The summed E-state index contributed by atoms with van der Waals surface area (Å²) in [6.07, 6.45) is 1.07. The number of ketones is 1. The molecule has 1 aliphatic heterocycles. The number of nitrogens with zero attached hydrogens (tertiary/aromatic N) is 1. The van der Waals surface area contributed by atoms with E-state index >= 15 is 0 Å². The number of Topliss-reactive ketones (excluding diaryl/α,β-unsaturated/α-hetero) is 1. The number of hydrogen-bond acceptors (Lipinski definition) is 3. The van der Waals surface area contributed by atoms with Crippen LogP contribution in [-0.2, 0) is 4.79 Å². The van der Waals surface area contributed by atoms with Gasteiger partial charge in [0.25, 0.3) is 0 Å². The molecule has 1 heterocycles. The highest BCUT2D eigenvalue weighted by atomic mass is 32.1. The highest BCUT2D eigenvalue weighted by Gasteiger charge is 2.11. The van der Waals surface area contributed by atoms with Crippen LogP contribution in [0.2, 0.25) is 0 Å². The van der Waals surface area contributed by atoms with E-state index in [1.165, 1.54) is 0 Å². The van der Waals surface area contributed by atoms with Gasteiger partial charge in [0, 0.05) is 12.8 Å². The Hall–Kier alpha value is -0.770. The van der Waals surface area contributed by atoms with Crippen molar-refractivity contribution in [2.45, 2.75) is 19.8 Å². The molecule has 0 fully saturated rings. The first-order valence-electron chi connectivity index (χ1n) is 3.02. The normalized spacial score (nSPS) is 16.5. The number of carbonyl (C=O) groups excluding carboxylic acids is 1. The molecule has 0 unspecified atom stereocenters. The minimum absolute atomic E-state index is 0.130. The molecule has 0 aromatic rings. The van der Waals surface area contributed by atoms with E-state index in [-0.39, 0.29) is 5.78 Å². The largest absolute Gasteiger partial charge is 0.300 e. The second-order valence-corrected chi connectivity index (χ2v) is 2.76. The van der Waals surface area contributed by atoms with Gasteiger partial charge in [0.15, 0.2) is 0 Å². The average molecular weight is 156 g/mol. The topological polar surface area (TPSA) is 41.5 Å². The average Bonchev–Trinajstić information content (AvgIpc) is 2.13. The molecule has 1 aliphatic rings. The van der Waals surface area contributed by atoms with Gasteiger partial charge in [0.1, 0.15) is 10.8 Å². The summed E-state index contributed by atoms with van der Waals surface area (Å²) in [5.74, 6) is 0.130. The van der Waals surface area contributed by atoms with Gasteiger partial charge in [-0.1, -0.05) is 12.2 Å². The number of nitrogens with one attached hydrogen (secondary N) is 1. The van der Waals surface area contributed by atoms with Crippen LogP contribution in [0.5, 0.6) is 0 Å². The lowest BCUT2D eigenvalue weighted by Crippen LogP contribution is -2.06. The van der Waals surface area contributed by atoms with Crippen molar-refractivity contribution in [3.05, 3.63) is 0 Å². The number of hydrazone groups is 1. The van der Waals surface area contributed by atoms with E-state index in [1.54, 1.807) is 6.92 Å². The van der Waals surface area contributed by atoms with Crippen molar-refractivity contribution in [2.24, 2.45) is 5.10 Å². The SMILES string of the molecule is CC(=O)CC1=NNC(=S)C1. The fraction of sp³-hybridized carbons (Fsp3) is 0.500. The Balaban J connectivity index is 2.44. The van der Waals surface area contributed by atoms with Crippen LogP contribution in [0.25, 0.3) is 0 Å². The second-order valence-electron chi connectivity index (χ2n) is 2.27. The molecule has 4 heteroatoms. The molecule has 0 saturated heterocycles. The fourth-order valence-electron chi connectivity index (χ4n) is 0.795. The first kappa shape index (κ1) is 7.34. The van der Waals surface area contributed by atoms with Gasteiger partial charge >= 0.3 is 0 Å². The summed E-state index contributed by atoms with van der Waals surface area (Å²) in [6, 6.07) is 0. The summed E-state index contributed by atoms with van der Waals surface area (Å²) in [6.45, 7) is 1.55. The Labute approximate surface area is 64.5 Å².